The van der Waals surface area contributed by atoms with Crippen molar-refractivity contribution in [1.29, 1.82) is 0 Å². The van der Waals surface area contributed by atoms with Gasteiger partial charge in [0, 0.05) is 0 Å². The van der Waals surface area contributed by atoms with Gasteiger partial charge in [-0.05, 0) is 105 Å². The molecule has 1 aliphatic rings. The summed E-state index contributed by atoms with van der Waals surface area (Å²) in [6.07, 6.45) is 0. The highest BCUT2D eigenvalue weighted by Gasteiger charge is 2.24. The molecule has 9 aromatic rings. The summed E-state index contributed by atoms with van der Waals surface area (Å²) in [7, 11) is 0. The zero-order chi connectivity index (χ0) is 31.6. The molecular weight excluding hydrogens is 577 g/mol. The van der Waals surface area contributed by atoms with Crippen molar-refractivity contribution in [2.75, 3.05) is 0 Å². The Hall–Kier alpha value is -6.24. The predicted molar refractivity (Wildman–Crippen MR) is 205 cm³/mol. The van der Waals surface area contributed by atoms with Crippen LogP contribution in [0.25, 0.3) is 99.1 Å². The highest BCUT2D eigenvalue weighted by Crippen LogP contribution is 2.51. The molecule has 0 unspecified atom stereocenters. The quantitative estimate of drug-likeness (QED) is 0.176. The summed E-state index contributed by atoms with van der Waals surface area (Å²) in [5.41, 5.74) is 15.3. The Bertz CT molecular complexity index is 2600. The second-order valence-corrected chi connectivity index (χ2v) is 12.8. The molecule has 0 saturated carbocycles. The van der Waals surface area contributed by atoms with E-state index in [1.807, 2.05) is 0 Å². The van der Waals surface area contributed by atoms with Crippen LogP contribution in [0.1, 0.15) is 0 Å². The fourth-order valence-corrected chi connectivity index (χ4v) is 8.19. The van der Waals surface area contributed by atoms with Crippen molar-refractivity contribution in [3.63, 3.8) is 0 Å². The second kappa shape index (κ2) is 10.7. The zero-order valence-corrected chi connectivity index (χ0v) is 26.3. The highest BCUT2D eigenvalue weighted by molar-refractivity contribution is 6.25. The largest absolute Gasteiger partial charge is 0.0622 e. The maximum absolute atomic E-state index is 2.37. The van der Waals surface area contributed by atoms with Crippen molar-refractivity contribution in [3.05, 3.63) is 182 Å². The number of rotatable bonds is 3. The molecule has 0 heterocycles. The van der Waals surface area contributed by atoms with E-state index in [1.165, 1.54) is 99.1 Å². The molecule has 0 saturated heterocycles. The van der Waals surface area contributed by atoms with Crippen LogP contribution in [0.15, 0.2) is 182 Å². The van der Waals surface area contributed by atoms with Gasteiger partial charge in [0.15, 0.2) is 0 Å². The molecule has 0 amide bonds. The summed E-state index contributed by atoms with van der Waals surface area (Å²) in [6, 6.07) is 67.1. The smallest absolute Gasteiger partial charge is 0.00201 e. The Morgan fingerprint density at radius 3 is 1.23 bits per heavy atom. The fourth-order valence-electron chi connectivity index (χ4n) is 8.19. The average molecular weight is 607 g/mol. The molecule has 10 rings (SSSR count). The van der Waals surface area contributed by atoms with Crippen molar-refractivity contribution in [2.24, 2.45) is 0 Å². The van der Waals surface area contributed by atoms with Gasteiger partial charge in [-0.15, -0.1) is 0 Å². The van der Waals surface area contributed by atoms with Crippen LogP contribution in [0.2, 0.25) is 0 Å². The van der Waals surface area contributed by atoms with Crippen molar-refractivity contribution in [3.8, 4) is 66.8 Å². The number of hydrogen-bond acceptors (Lipinski definition) is 0. The van der Waals surface area contributed by atoms with Crippen LogP contribution >= 0.6 is 0 Å². The first-order valence-electron chi connectivity index (χ1n) is 16.7. The van der Waals surface area contributed by atoms with E-state index in [-0.39, 0.29) is 0 Å². The Labute approximate surface area is 280 Å². The summed E-state index contributed by atoms with van der Waals surface area (Å²) in [5.74, 6) is 0. The summed E-state index contributed by atoms with van der Waals surface area (Å²) in [5, 5.41) is 7.68. The van der Waals surface area contributed by atoms with Crippen molar-refractivity contribution >= 4 is 32.3 Å². The minimum Gasteiger partial charge on any atom is -0.0622 e. The van der Waals surface area contributed by atoms with E-state index in [0.29, 0.717) is 0 Å². The number of fused-ring (bicyclic) bond motifs is 7. The van der Waals surface area contributed by atoms with Gasteiger partial charge < -0.3 is 0 Å². The third kappa shape index (κ3) is 3.96. The van der Waals surface area contributed by atoms with Gasteiger partial charge in [0.2, 0.25) is 0 Å². The molecule has 0 radical (unpaired) electrons. The van der Waals surface area contributed by atoms with E-state index >= 15 is 0 Å². The molecule has 0 spiro atoms. The lowest BCUT2D eigenvalue weighted by molar-refractivity contribution is 1.61. The van der Waals surface area contributed by atoms with Gasteiger partial charge in [-0.2, -0.15) is 0 Å². The number of benzene rings is 9. The van der Waals surface area contributed by atoms with Gasteiger partial charge in [-0.25, -0.2) is 0 Å². The van der Waals surface area contributed by atoms with Crippen molar-refractivity contribution < 1.29 is 0 Å². The van der Waals surface area contributed by atoms with Crippen LogP contribution in [0.3, 0.4) is 0 Å². The maximum atomic E-state index is 2.37. The van der Waals surface area contributed by atoms with E-state index in [1.54, 1.807) is 0 Å². The van der Waals surface area contributed by atoms with Crippen LogP contribution in [0.5, 0.6) is 0 Å². The normalized spacial score (nSPS) is 11.8. The van der Waals surface area contributed by atoms with Crippen LogP contribution in [-0.4, -0.2) is 0 Å². The molecule has 0 heteroatoms. The SMILES string of the molecule is c1ccc(-c2cccc(-c3c4ccccc4c(-c4ccc5c6c(cccc46)-c4ccccc4-c4ccccc4-5)c4ccccc34)c2)cc1. The molecule has 9 aromatic carbocycles. The lowest BCUT2D eigenvalue weighted by Crippen LogP contribution is -1.93. The lowest BCUT2D eigenvalue weighted by atomic mass is 9.83. The molecule has 0 fully saturated rings. The molecular formula is C48H30. The molecule has 48 heavy (non-hydrogen) atoms. The molecule has 0 nitrogen and oxygen atoms in total. The molecule has 222 valence electrons. The Morgan fingerprint density at radius 1 is 0.208 bits per heavy atom. The van der Waals surface area contributed by atoms with Gasteiger partial charge in [0.25, 0.3) is 0 Å². The van der Waals surface area contributed by atoms with Gasteiger partial charge in [-0.1, -0.05) is 176 Å². The lowest BCUT2D eigenvalue weighted by Gasteiger charge is -2.20. The highest BCUT2D eigenvalue weighted by atomic mass is 14.3. The van der Waals surface area contributed by atoms with E-state index < -0.39 is 0 Å². The van der Waals surface area contributed by atoms with Crippen LogP contribution in [-0.2, 0) is 0 Å². The predicted octanol–water partition coefficient (Wildman–Crippen LogP) is 13.5. The summed E-state index contributed by atoms with van der Waals surface area (Å²) < 4.78 is 0. The van der Waals surface area contributed by atoms with E-state index in [2.05, 4.69) is 182 Å². The summed E-state index contributed by atoms with van der Waals surface area (Å²) >= 11 is 0. The van der Waals surface area contributed by atoms with Crippen molar-refractivity contribution in [1.82, 2.24) is 0 Å². The van der Waals surface area contributed by atoms with Crippen LogP contribution in [0.4, 0.5) is 0 Å². The first-order valence-corrected chi connectivity index (χ1v) is 16.7. The first kappa shape index (κ1) is 26.9. The number of hydrogen-bond donors (Lipinski definition) is 0. The monoisotopic (exact) mass is 606 g/mol. The van der Waals surface area contributed by atoms with Crippen LogP contribution < -0.4 is 0 Å². The standard InChI is InChI=1S/C48H30/c1-2-14-31(15-3-1)32-16-12-17-33(30-32)46-39-22-8-10-24-41(39)48(42-25-11-9-23-40(42)46)45-29-28-44-37-21-7-5-19-35(37)34-18-4-6-20-36(34)38-26-13-27-43(45)47(38)44/h1-30H. The molecule has 0 aromatic heterocycles. The third-order valence-electron chi connectivity index (χ3n) is 10.2. The minimum atomic E-state index is 1.23. The fraction of sp³-hybridized carbons (Fsp3) is 0. The molecule has 1 aliphatic carbocycles. The molecule has 0 aliphatic heterocycles. The van der Waals surface area contributed by atoms with Gasteiger partial charge >= 0.3 is 0 Å². The van der Waals surface area contributed by atoms with Gasteiger partial charge in [0.05, 0.1) is 0 Å². The van der Waals surface area contributed by atoms with Gasteiger partial charge in [-0.3, -0.25) is 0 Å². The Balaban J connectivity index is 1.31. The third-order valence-corrected chi connectivity index (χ3v) is 10.2. The van der Waals surface area contributed by atoms with E-state index in [9.17, 15) is 0 Å². The first-order chi connectivity index (χ1) is 23.8. The average Bonchev–Trinajstić information content (AvgIpc) is 3.28. The van der Waals surface area contributed by atoms with Crippen molar-refractivity contribution in [2.45, 2.75) is 0 Å². The minimum absolute atomic E-state index is 1.23. The molecule has 0 N–H and O–H groups in total. The van der Waals surface area contributed by atoms with E-state index in [4.69, 9.17) is 0 Å². The maximum Gasteiger partial charge on any atom is -0.00201 e. The second-order valence-electron chi connectivity index (χ2n) is 12.8. The van der Waals surface area contributed by atoms with Crippen LogP contribution in [0, 0.1) is 0 Å². The topological polar surface area (TPSA) is 0 Å². The van der Waals surface area contributed by atoms with Gasteiger partial charge in [0.1, 0.15) is 0 Å². The molecule has 0 bridgehead atoms. The molecule has 0 atom stereocenters. The Morgan fingerprint density at radius 2 is 0.604 bits per heavy atom. The van der Waals surface area contributed by atoms with E-state index in [0.717, 1.165) is 0 Å². The zero-order valence-electron chi connectivity index (χ0n) is 26.3. The summed E-state index contributed by atoms with van der Waals surface area (Å²) in [6.45, 7) is 0. The summed E-state index contributed by atoms with van der Waals surface area (Å²) in [4.78, 5) is 0. The Kier molecular flexibility index (Phi) is 5.98.